The average Bonchev–Trinajstić information content (AvgIpc) is 2.86. The number of likely N-dealkylation sites (N-methyl/N-ethyl adjacent to an activating group) is 1. The van der Waals surface area contributed by atoms with E-state index in [-0.39, 0.29) is 12.1 Å². The van der Waals surface area contributed by atoms with E-state index in [0.29, 0.717) is 0 Å². The summed E-state index contributed by atoms with van der Waals surface area (Å²) in [6.07, 6.45) is 0.183. The molecule has 19 heavy (non-hydrogen) atoms. The third kappa shape index (κ3) is 2.66. The van der Waals surface area contributed by atoms with Crippen LogP contribution in [0.4, 0.5) is 0 Å². The van der Waals surface area contributed by atoms with E-state index in [1.165, 1.54) is 14.6 Å². The zero-order chi connectivity index (χ0) is 13.2. The van der Waals surface area contributed by atoms with Gasteiger partial charge in [-0.05, 0) is 38.2 Å². The molecule has 1 aliphatic rings. The molecule has 0 aliphatic carbocycles. The molecular weight excluding hydrogens is 274 g/mol. The highest BCUT2D eigenvalue weighted by molar-refractivity contribution is 7.99. The molecule has 0 bridgehead atoms. The number of thiophene rings is 1. The van der Waals surface area contributed by atoms with Gasteiger partial charge in [0, 0.05) is 20.4 Å². The molecule has 3 rings (SSSR count). The second kappa shape index (κ2) is 5.57. The molecule has 2 atom stereocenters. The molecule has 1 aromatic carbocycles. The van der Waals surface area contributed by atoms with E-state index in [0.717, 1.165) is 11.5 Å². The average molecular weight is 291 g/mol. The minimum atomic E-state index is 0.183. The fourth-order valence-corrected chi connectivity index (χ4v) is 4.41. The molecule has 0 saturated carbocycles. The molecule has 1 aromatic heterocycles. The molecule has 100 valence electrons. The van der Waals surface area contributed by atoms with Crippen LogP contribution in [-0.2, 0) is 0 Å². The standard InChI is InChI=1S/C15H17NOS2/c1-10-7-8-14(19-10)15(16-2)12-9-18-13-6-4-3-5-11(13)17-12/h3-8,12,15-16H,9H2,1-2H3. The highest BCUT2D eigenvalue weighted by Gasteiger charge is 2.29. The number of rotatable bonds is 3. The van der Waals surface area contributed by atoms with E-state index in [1.54, 1.807) is 0 Å². The summed E-state index contributed by atoms with van der Waals surface area (Å²) >= 11 is 3.73. The van der Waals surface area contributed by atoms with Gasteiger partial charge < -0.3 is 10.1 Å². The van der Waals surface area contributed by atoms with Gasteiger partial charge in [-0.2, -0.15) is 0 Å². The smallest absolute Gasteiger partial charge is 0.133 e. The molecule has 1 aliphatic heterocycles. The second-order valence-electron chi connectivity index (χ2n) is 4.63. The second-order valence-corrected chi connectivity index (χ2v) is 7.01. The first-order valence-electron chi connectivity index (χ1n) is 6.40. The van der Waals surface area contributed by atoms with Crippen LogP contribution in [0.1, 0.15) is 15.8 Å². The Labute approximate surface area is 122 Å². The number of fused-ring (bicyclic) bond motifs is 1. The predicted octanol–water partition coefficient (Wildman–Crippen LogP) is 3.87. The van der Waals surface area contributed by atoms with Gasteiger partial charge in [0.05, 0.1) is 6.04 Å². The Morgan fingerprint density at radius 2 is 2.11 bits per heavy atom. The van der Waals surface area contributed by atoms with Crippen LogP contribution in [0, 0.1) is 6.92 Å². The van der Waals surface area contributed by atoms with Crippen LogP contribution in [0.2, 0.25) is 0 Å². The van der Waals surface area contributed by atoms with Crippen molar-refractivity contribution in [1.29, 1.82) is 0 Å². The lowest BCUT2D eigenvalue weighted by molar-refractivity contribution is 0.172. The maximum atomic E-state index is 6.17. The summed E-state index contributed by atoms with van der Waals surface area (Å²) < 4.78 is 6.17. The van der Waals surface area contributed by atoms with Crippen molar-refractivity contribution >= 4 is 23.1 Å². The lowest BCUT2D eigenvalue weighted by Gasteiger charge is -2.31. The van der Waals surface area contributed by atoms with Gasteiger partial charge in [-0.3, -0.25) is 0 Å². The lowest BCUT2D eigenvalue weighted by Crippen LogP contribution is -2.36. The van der Waals surface area contributed by atoms with Crippen LogP contribution < -0.4 is 10.1 Å². The van der Waals surface area contributed by atoms with Gasteiger partial charge in [0.25, 0.3) is 0 Å². The molecule has 2 aromatic rings. The van der Waals surface area contributed by atoms with Gasteiger partial charge in [0.1, 0.15) is 11.9 Å². The van der Waals surface area contributed by atoms with Crippen molar-refractivity contribution in [1.82, 2.24) is 5.32 Å². The Kier molecular flexibility index (Phi) is 3.82. The Bertz CT molecular complexity index is 567. The summed E-state index contributed by atoms with van der Waals surface area (Å²) in [7, 11) is 2.01. The summed E-state index contributed by atoms with van der Waals surface area (Å²) in [6, 6.07) is 12.9. The Morgan fingerprint density at radius 3 is 2.84 bits per heavy atom. The monoisotopic (exact) mass is 291 g/mol. The molecule has 0 saturated heterocycles. The topological polar surface area (TPSA) is 21.3 Å². The highest BCUT2D eigenvalue weighted by Crippen LogP contribution is 2.39. The molecule has 0 radical (unpaired) electrons. The first kappa shape index (κ1) is 13.0. The normalized spacial score (nSPS) is 19.6. The molecule has 0 spiro atoms. The van der Waals surface area contributed by atoms with Gasteiger partial charge in [-0.25, -0.2) is 0 Å². The van der Waals surface area contributed by atoms with Crippen LogP contribution in [-0.4, -0.2) is 18.9 Å². The molecular formula is C15H17NOS2. The molecule has 0 fully saturated rings. The van der Waals surface area contributed by atoms with Crippen molar-refractivity contribution in [3.05, 3.63) is 46.2 Å². The fourth-order valence-electron chi connectivity index (χ4n) is 2.33. The third-order valence-electron chi connectivity index (χ3n) is 3.28. The van der Waals surface area contributed by atoms with Crippen molar-refractivity contribution in [3.8, 4) is 5.75 Å². The molecule has 2 unspecified atom stereocenters. The summed E-state index contributed by atoms with van der Waals surface area (Å²) in [4.78, 5) is 3.94. The predicted molar refractivity (Wildman–Crippen MR) is 82.4 cm³/mol. The van der Waals surface area contributed by atoms with Gasteiger partial charge in [0.2, 0.25) is 0 Å². The molecule has 0 amide bonds. The first-order valence-corrected chi connectivity index (χ1v) is 8.20. The minimum absolute atomic E-state index is 0.183. The fraction of sp³-hybridized carbons (Fsp3) is 0.333. The number of hydrogen-bond donors (Lipinski definition) is 1. The van der Waals surface area contributed by atoms with Crippen LogP contribution in [0.15, 0.2) is 41.3 Å². The Morgan fingerprint density at radius 1 is 1.26 bits per heavy atom. The summed E-state index contributed by atoms with van der Waals surface area (Å²) in [5.41, 5.74) is 0. The number of ether oxygens (including phenoxy) is 1. The Hall–Kier alpha value is -0.970. The van der Waals surface area contributed by atoms with E-state index in [2.05, 4.69) is 42.6 Å². The Balaban J connectivity index is 1.83. The first-order chi connectivity index (χ1) is 9.28. The lowest BCUT2D eigenvalue weighted by atomic mass is 10.1. The van der Waals surface area contributed by atoms with Crippen LogP contribution in [0.5, 0.6) is 5.75 Å². The summed E-state index contributed by atoms with van der Waals surface area (Å²) in [5, 5.41) is 3.40. The molecule has 2 nitrogen and oxygen atoms in total. The van der Waals surface area contributed by atoms with E-state index >= 15 is 0 Å². The number of nitrogens with one attached hydrogen (secondary N) is 1. The maximum Gasteiger partial charge on any atom is 0.133 e. The van der Waals surface area contributed by atoms with E-state index in [9.17, 15) is 0 Å². The third-order valence-corrected chi connectivity index (χ3v) is 5.51. The summed E-state index contributed by atoms with van der Waals surface area (Å²) in [5.74, 6) is 2.00. The number of para-hydroxylation sites is 1. The SMILES string of the molecule is CNC(c1ccc(C)s1)C1CSc2ccccc2O1. The summed E-state index contributed by atoms with van der Waals surface area (Å²) in [6.45, 7) is 2.15. The van der Waals surface area contributed by atoms with E-state index in [1.807, 2.05) is 36.2 Å². The van der Waals surface area contributed by atoms with Crippen LogP contribution in [0.25, 0.3) is 0 Å². The van der Waals surface area contributed by atoms with Gasteiger partial charge in [-0.15, -0.1) is 23.1 Å². The number of benzene rings is 1. The van der Waals surface area contributed by atoms with Crippen molar-refractivity contribution in [3.63, 3.8) is 0 Å². The molecule has 2 heterocycles. The van der Waals surface area contributed by atoms with Gasteiger partial charge in [-0.1, -0.05) is 12.1 Å². The number of thioether (sulfide) groups is 1. The number of aryl methyl sites for hydroxylation is 1. The van der Waals surface area contributed by atoms with Crippen molar-refractivity contribution in [2.24, 2.45) is 0 Å². The van der Waals surface area contributed by atoms with Gasteiger partial charge in [0.15, 0.2) is 0 Å². The number of hydrogen-bond acceptors (Lipinski definition) is 4. The van der Waals surface area contributed by atoms with Gasteiger partial charge >= 0.3 is 0 Å². The minimum Gasteiger partial charge on any atom is -0.486 e. The van der Waals surface area contributed by atoms with Crippen LogP contribution >= 0.6 is 23.1 Å². The van der Waals surface area contributed by atoms with Crippen molar-refractivity contribution in [2.75, 3.05) is 12.8 Å². The van der Waals surface area contributed by atoms with Crippen molar-refractivity contribution in [2.45, 2.75) is 24.0 Å². The highest BCUT2D eigenvalue weighted by atomic mass is 32.2. The zero-order valence-electron chi connectivity index (χ0n) is 11.1. The maximum absolute atomic E-state index is 6.17. The quantitative estimate of drug-likeness (QED) is 0.927. The molecule has 1 N–H and O–H groups in total. The van der Waals surface area contributed by atoms with Crippen LogP contribution in [0.3, 0.4) is 0 Å². The van der Waals surface area contributed by atoms with E-state index < -0.39 is 0 Å². The largest absolute Gasteiger partial charge is 0.486 e. The zero-order valence-corrected chi connectivity index (χ0v) is 12.7. The van der Waals surface area contributed by atoms with E-state index in [4.69, 9.17) is 4.74 Å². The van der Waals surface area contributed by atoms with Crippen molar-refractivity contribution < 1.29 is 4.74 Å². The molecule has 4 heteroatoms.